The van der Waals surface area contributed by atoms with Crippen molar-refractivity contribution in [3.63, 3.8) is 0 Å². The average Bonchev–Trinajstić information content (AvgIpc) is 3.19. The average molecular weight is 487 g/mol. The van der Waals surface area contributed by atoms with Crippen molar-refractivity contribution in [1.82, 2.24) is 4.90 Å². The summed E-state index contributed by atoms with van der Waals surface area (Å²) in [6.07, 6.45) is 2.34. The summed E-state index contributed by atoms with van der Waals surface area (Å²) in [6.45, 7) is 0.966. The van der Waals surface area contributed by atoms with Gasteiger partial charge < -0.3 is 20.4 Å². The largest absolute Gasteiger partial charge is 0.354 e. The molecule has 6 nitrogen and oxygen atoms in total. The summed E-state index contributed by atoms with van der Waals surface area (Å²) in [5.74, 6) is -0.623. The molecule has 0 saturated heterocycles. The molecule has 1 aliphatic heterocycles. The molecule has 0 spiro atoms. The first kappa shape index (κ1) is 25.1. The Kier molecular flexibility index (Phi) is 7.80. The number of benzene rings is 3. The van der Waals surface area contributed by atoms with Crippen molar-refractivity contribution in [2.24, 2.45) is 0 Å². The quantitative estimate of drug-likeness (QED) is 0.312. The molecule has 2 amide bonds. The molecule has 3 aromatic rings. The van der Waals surface area contributed by atoms with Gasteiger partial charge in [-0.2, -0.15) is 0 Å². The van der Waals surface area contributed by atoms with Gasteiger partial charge in [0.1, 0.15) is 5.82 Å². The highest BCUT2D eigenvalue weighted by molar-refractivity contribution is 6.37. The Hall–Kier alpha value is -3.97. The summed E-state index contributed by atoms with van der Waals surface area (Å²) in [7, 11) is 5.84. The zero-order valence-electron chi connectivity index (χ0n) is 20.8. The van der Waals surface area contributed by atoms with Crippen molar-refractivity contribution < 1.29 is 14.0 Å². The summed E-state index contributed by atoms with van der Waals surface area (Å²) in [5.41, 5.74) is 4.55. The Morgan fingerprint density at radius 3 is 2.36 bits per heavy atom. The van der Waals surface area contributed by atoms with Gasteiger partial charge in [0, 0.05) is 30.4 Å². The van der Waals surface area contributed by atoms with E-state index in [2.05, 4.69) is 15.5 Å². The Labute approximate surface area is 211 Å². The third kappa shape index (κ3) is 5.80. The first-order valence-electron chi connectivity index (χ1n) is 12.0. The molecular formula is C29H31FN4O2. The molecule has 36 heavy (non-hydrogen) atoms. The first-order valence-corrected chi connectivity index (χ1v) is 12.0. The maximum atomic E-state index is 13.8. The minimum absolute atomic E-state index is 0.0769. The second-order valence-electron chi connectivity index (χ2n) is 9.15. The van der Waals surface area contributed by atoms with Crippen LogP contribution in [0.15, 0.2) is 72.8 Å². The van der Waals surface area contributed by atoms with E-state index >= 15 is 0 Å². The Balaban J connectivity index is 1.56. The third-order valence-corrected chi connectivity index (χ3v) is 6.18. The molecule has 186 valence electrons. The van der Waals surface area contributed by atoms with Gasteiger partial charge in [-0.05, 0) is 81.5 Å². The fraction of sp³-hybridized carbons (Fsp3) is 0.241. The van der Waals surface area contributed by atoms with Crippen molar-refractivity contribution in [3.8, 4) is 0 Å². The summed E-state index contributed by atoms with van der Waals surface area (Å²) in [6, 6.07) is 21.4. The van der Waals surface area contributed by atoms with E-state index in [1.54, 1.807) is 18.0 Å². The predicted molar refractivity (Wildman–Crippen MR) is 144 cm³/mol. The SMILES string of the molecule is CN(C)CCCCC(=O)N(C)c1ccc(N/C(=C2\C(=O)Nc3cc(F)ccc32)c2ccccc2)cc1. The highest BCUT2D eigenvalue weighted by atomic mass is 19.1. The van der Waals surface area contributed by atoms with Crippen LogP contribution in [0.4, 0.5) is 21.5 Å². The van der Waals surface area contributed by atoms with E-state index in [0.717, 1.165) is 36.3 Å². The minimum atomic E-state index is -0.406. The van der Waals surface area contributed by atoms with E-state index in [-0.39, 0.29) is 11.8 Å². The van der Waals surface area contributed by atoms with Gasteiger partial charge in [-0.15, -0.1) is 0 Å². The lowest BCUT2D eigenvalue weighted by atomic mass is 10.00. The molecule has 0 aliphatic carbocycles. The lowest BCUT2D eigenvalue weighted by Gasteiger charge is -2.19. The molecule has 1 aliphatic rings. The number of amides is 2. The maximum Gasteiger partial charge on any atom is 0.258 e. The number of hydrogen-bond donors (Lipinski definition) is 2. The monoisotopic (exact) mass is 486 g/mol. The molecule has 0 bridgehead atoms. The van der Waals surface area contributed by atoms with Crippen molar-refractivity contribution in [3.05, 3.63) is 89.7 Å². The summed E-state index contributed by atoms with van der Waals surface area (Å²) in [5, 5.41) is 6.15. The molecule has 2 N–H and O–H groups in total. The minimum Gasteiger partial charge on any atom is -0.354 e. The predicted octanol–water partition coefficient (Wildman–Crippen LogP) is 5.45. The van der Waals surface area contributed by atoms with Gasteiger partial charge in [-0.1, -0.05) is 30.3 Å². The van der Waals surface area contributed by atoms with Crippen molar-refractivity contribution >= 4 is 40.1 Å². The first-order chi connectivity index (χ1) is 17.3. The van der Waals surface area contributed by atoms with Gasteiger partial charge in [0.15, 0.2) is 0 Å². The van der Waals surface area contributed by atoms with E-state index in [0.29, 0.717) is 28.9 Å². The van der Waals surface area contributed by atoms with Gasteiger partial charge >= 0.3 is 0 Å². The van der Waals surface area contributed by atoms with Crippen LogP contribution in [0.25, 0.3) is 11.3 Å². The molecule has 0 aromatic heterocycles. The summed E-state index contributed by atoms with van der Waals surface area (Å²) in [4.78, 5) is 29.3. The second kappa shape index (κ2) is 11.2. The molecule has 0 fully saturated rings. The van der Waals surface area contributed by atoms with E-state index in [9.17, 15) is 14.0 Å². The van der Waals surface area contributed by atoms with Crippen LogP contribution in [-0.4, -0.2) is 44.4 Å². The van der Waals surface area contributed by atoms with Crippen LogP contribution in [0.3, 0.4) is 0 Å². The van der Waals surface area contributed by atoms with Crippen LogP contribution < -0.4 is 15.5 Å². The molecule has 0 radical (unpaired) electrons. The van der Waals surface area contributed by atoms with Gasteiger partial charge in [0.05, 0.1) is 17.0 Å². The molecule has 0 atom stereocenters. The Morgan fingerprint density at radius 2 is 1.67 bits per heavy atom. The van der Waals surface area contributed by atoms with Crippen molar-refractivity contribution in [2.75, 3.05) is 43.2 Å². The number of unbranched alkanes of at least 4 members (excludes halogenated alkanes) is 1. The molecule has 0 unspecified atom stereocenters. The highest BCUT2D eigenvalue weighted by Gasteiger charge is 2.28. The van der Waals surface area contributed by atoms with E-state index < -0.39 is 5.82 Å². The number of nitrogens with one attached hydrogen (secondary N) is 2. The number of carbonyl (C=O) groups excluding carboxylic acids is 2. The summed E-state index contributed by atoms with van der Waals surface area (Å²) < 4.78 is 13.8. The Bertz CT molecular complexity index is 1270. The number of nitrogens with zero attached hydrogens (tertiary/aromatic N) is 2. The van der Waals surface area contributed by atoms with Gasteiger partial charge in [0.2, 0.25) is 5.91 Å². The number of hydrogen-bond acceptors (Lipinski definition) is 4. The van der Waals surface area contributed by atoms with E-state index in [1.807, 2.05) is 68.7 Å². The summed E-state index contributed by atoms with van der Waals surface area (Å²) >= 11 is 0. The fourth-order valence-corrected chi connectivity index (χ4v) is 4.21. The lowest BCUT2D eigenvalue weighted by Crippen LogP contribution is -2.26. The van der Waals surface area contributed by atoms with Crippen LogP contribution in [0, 0.1) is 5.82 Å². The van der Waals surface area contributed by atoms with Crippen LogP contribution in [0.5, 0.6) is 0 Å². The molecule has 4 rings (SSSR count). The van der Waals surface area contributed by atoms with Crippen LogP contribution in [0.1, 0.15) is 30.4 Å². The van der Waals surface area contributed by atoms with Crippen LogP contribution in [0.2, 0.25) is 0 Å². The number of halogens is 1. The van der Waals surface area contributed by atoms with Gasteiger partial charge in [-0.3, -0.25) is 9.59 Å². The van der Waals surface area contributed by atoms with Crippen LogP contribution in [-0.2, 0) is 9.59 Å². The number of rotatable bonds is 9. The maximum absolute atomic E-state index is 13.8. The molecule has 3 aromatic carbocycles. The van der Waals surface area contributed by atoms with Crippen molar-refractivity contribution in [2.45, 2.75) is 19.3 Å². The van der Waals surface area contributed by atoms with Crippen molar-refractivity contribution in [1.29, 1.82) is 0 Å². The number of carbonyl (C=O) groups is 2. The molecule has 0 saturated carbocycles. The highest BCUT2D eigenvalue weighted by Crippen LogP contribution is 2.38. The van der Waals surface area contributed by atoms with Gasteiger partial charge in [-0.25, -0.2) is 4.39 Å². The third-order valence-electron chi connectivity index (χ3n) is 6.18. The van der Waals surface area contributed by atoms with Gasteiger partial charge in [0.25, 0.3) is 5.91 Å². The number of fused-ring (bicyclic) bond motifs is 1. The smallest absolute Gasteiger partial charge is 0.258 e. The lowest BCUT2D eigenvalue weighted by molar-refractivity contribution is -0.118. The zero-order chi connectivity index (χ0) is 25.7. The van der Waals surface area contributed by atoms with Crippen LogP contribution >= 0.6 is 0 Å². The Morgan fingerprint density at radius 1 is 0.944 bits per heavy atom. The molecular weight excluding hydrogens is 455 g/mol. The van der Waals surface area contributed by atoms with E-state index in [1.165, 1.54) is 12.1 Å². The topological polar surface area (TPSA) is 64.7 Å². The number of anilines is 3. The molecule has 1 heterocycles. The second-order valence-corrected chi connectivity index (χ2v) is 9.15. The fourth-order valence-electron chi connectivity index (χ4n) is 4.21. The van der Waals surface area contributed by atoms with E-state index in [4.69, 9.17) is 0 Å². The normalized spacial score (nSPS) is 13.9. The zero-order valence-corrected chi connectivity index (χ0v) is 20.8. The molecule has 7 heteroatoms. The standard InChI is InChI=1S/C29H31FN4O2/c1-33(2)18-8-7-11-26(35)34(3)23-15-13-22(14-16-23)31-28(20-9-5-4-6-10-20)27-24-17-12-21(30)19-25(24)32-29(27)36/h4-6,9-10,12-17,19,31H,7-8,11,18H2,1-3H3,(H,32,36)/b28-27-.